The number of rotatable bonds is 4. The van der Waals surface area contributed by atoms with Crippen molar-refractivity contribution >= 4 is 17.2 Å². The van der Waals surface area contributed by atoms with Crippen molar-refractivity contribution in [3.05, 3.63) is 58.7 Å². The van der Waals surface area contributed by atoms with Crippen LogP contribution in [0.3, 0.4) is 0 Å². The van der Waals surface area contributed by atoms with Crippen LogP contribution >= 0.6 is 11.3 Å². The van der Waals surface area contributed by atoms with Crippen LogP contribution in [-0.4, -0.2) is 37.4 Å². The van der Waals surface area contributed by atoms with Crippen LogP contribution in [0.2, 0.25) is 0 Å². The second kappa shape index (κ2) is 6.07. The van der Waals surface area contributed by atoms with Gasteiger partial charge < -0.3 is 4.90 Å². The van der Waals surface area contributed by atoms with E-state index in [9.17, 15) is 4.79 Å². The lowest BCUT2D eigenvalue weighted by Crippen LogP contribution is -2.26. The summed E-state index contributed by atoms with van der Waals surface area (Å²) in [5, 5.41) is 2.98. The molecule has 3 heterocycles. The molecule has 0 aromatic carbocycles. The van der Waals surface area contributed by atoms with Crippen LogP contribution in [0.1, 0.15) is 21.1 Å². The first-order valence-electron chi connectivity index (χ1n) is 6.74. The van der Waals surface area contributed by atoms with Gasteiger partial charge in [-0.25, -0.2) is 15.0 Å². The van der Waals surface area contributed by atoms with Crippen molar-refractivity contribution in [2.45, 2.75) is 13.5 Å². The Balaban J connectivity index is 1.78. The molecule has 0 atom stereocenters. The second-order valence-corrected chi connectivity index (χ2v) is 5.95. The van der Waals surface area contributed by atoms with Crippen LogP contribution in [0, 0.1) is 6.92 Å². The van der Waals surface area contributed by atoms with Gasteiger partial charge in [-0.3, -0.25) is 9.36 Å². The molecule has 0 saturated carbocycles. The SMILES string of the molecule is Cc1nc(CN(C)C(=O)c2ccnc(-n3ccnc3)c2)cs1. The normalized spacial score (nSPS) is 10.6. The number of carbonyl (C=O) groups excluding carboxylic acids is 1. The third-order valence-corrected chi connectivity index (χ3v) is 4.00. The number of aryl methyl sites for hydroxylation is 1. The quantitative estimate of drug-likeness (QED) is 0.741. The highest BCUT2D eigenvalue weighted by Gasteiger charge is 2.14. The van der Waals surface area contributed by atoms with Gasteiger partial charge in [0.25, 0.3) is 5.91 Å². The summed E-state index contributed by atoms with van der Waals surface area (Å²) in [5.41, 5.74) is 1.50. The molecule has 1 amide bonds. The largest absolute Gasteiger partial charge is 0.336 e. The maximum absolute atomic E-state index is 12.5. The van der Waals surface area contributed by atoms with Crippen LogP contribution in [0.25, 0.3) is 5.82 Å². The number of hydrogen-bond acceptors (Lipinski definition) is 5. The van der Waals surface area contributed by atoms with E-state index >= 15 is 0 Å². The van der Waals surface area contributed by atoms with Gasteiger partial charge in [0.2, 0.25) is 0 Å². The second-order valence-electron chi connectivity index (χ2n) is 4.89. The predicted molar refractivity (Wildman–Crippen MR) is 84.0 cm³/mol. The fourth-order valence-electron chi connectivity index (χ4n) is 2.10. The van der Waals surface area contributed by atoms with Gasteiger partial charge >= 0.3 is 0 Å². The van der Waals surface area contributed by atoms with E-state index in [0.29, 0.717) is 17.9 Å². The number of imidazole rings is 1. The number of carbonyl (C=O) groups is 1. The minimum absolute atomic E-state index is 0.0607. The number of thiazole rings is 1. The Morgan fingerprint density at radius 1 is 1.41 bits per heavy atom. The van der Waals surface area contributed by atoms with Gasteiger partial charge in [0.15, 0.2) is 0 Å². The van der Waals surface area contributed by atoms with Gasteiger partial charge in [-0.05, 0) is 19.1 Å². The summed E-state index contributed by atoms with van der Waals surface area (Å²) in [5.74, 6) is 0.607. The van der Waals surface area contributed by atoms with Gasteiger partial charge in [0, 0.05) is 36.6 Å². The topological polar surface area (TPSA) is 63.9 Å². The van der Waals surface area contributed by atoms with Crippen LogP contribution in [0.15, 0.2) is 42.4 Å². The molecule has 0 aliphatic rings. The molecule has 3 rings (SSSR count). The van der Waals surface area contributed by atoms with E-state index in [-0.39, 0.29) is 5.91 Å². The van der Waals surface area contributed by atoms with E-state index in [2.05, 4.69) is 15.0 Å². The Bertz CT molecular complexity index is 781. The minimum atomic E-state index is -0.0607. The van der Waals surface area contributed by atoms with E-state index in [0.717, 1.165) is 10.7 Å². The summed E-state index contributed by atoms with van der Waals surface area (Å²) >= 11 is 1.59. The van der Waals surface area contributed by atoms with E-state index in [1.807, 2.05) is 12.3 Å². The molecule has 7 heteroatoms. The molecule has 0 spiro atoms. The van der Waals surface area contributed by atoms with Gasteiger partial charge in [0.1, 0.15) is 12.1 Å². The molecule has 0 bridgehead atoms. The van der Waals surface area contributed by atoms with E-state index in [4.69, 9.17) is 0 Å². The molecule has 0 fully saturated rings. The van der Waals surface area contributed by atoms with Crippen molar-refractivity contribution in [1.29, 1.82) is 0 Å². The lowest BCUT2D eigenvalue weighted by atomic mass is 10.2. The first-order chi connectivity index (χ1) is 10.6. The van der Waals surface area contributed by atoms with Crippen molar-refractivity contribution in [3.8, 4) is 5.82 Å². The molecule has 3 aromatic rings. The van der Waals surface area contributed by atoms with Crippen molar-refractivity contribution < 1.29 is 4.79 Å². The van der Waals surface area contributed by atoms with E-state index in [1.54, 1.807) is 64.9 Å². The summed E-state index contributed by atoms with van der Waals surface area (Å²) in [6.45, 7) is 2.45. The smallest absolute Gasteiger partial charge is 0.254 e. The zero-order chi connectivity index (χ0) is 15.5. The Morgan fingerprint density at radius 3 is 2.95 bits per heavy atom. The third kappa shape index (κ3) is 3.04. The van der Waals surface area contributed by atoms with Crippen molar-refractivity contribution in [2.75, 3.05) is 7.05 Å². The molecule has 3 aromatic heterocycles. The maximum Gasteiger partial charge on any atom is 0.254 e. The zero-order valence-corrected chi connectivity index (χ0v) is 13.1. The lowest BCUT2D eigenvalue weighted by Gasteiger charge is -2.16. The minimum Gasteiger partial charge on any atom is -0.336 e. The summed E-state index contributed by atoms with van der Waals surface area (Å²) < 4.78 is 1.76. The highest BCUT2D eigenvalue weighted by molar-refractivity contribution is 7.09. The number of amides is 1. The van der Waals surface area contributed by atoms with Crippen LogP contribution in [0.4, 0.5) is 0 Å². The predicted octanol–water partition coefficient (Wildman–Crippen LogP) is 2.30. The Kier molecular flexibility index (Phi) is 3.97. The Labute approximate surface area is 132 Å². The zero-order valence-electron chi connectivity index (χ0n) is 12.3. The summed E-state index contributed by atoms with van der Waals surface area (Å²) in [4.78, 5) is 26.8. The van der Waals surface area contributed by atoms with Crippen LogP contribution in [-0.2, 0) is 6.54 Å². The van der Waals surface area contributed by atoms with Gasteiger partial charge in [-0.1, -0.05) is 0 Å². The monoisotopic (exact) mass is 313 g/mol. The molecule has 0 aliphatic carbocycles. The lowest BCUT2D eigenvalue weighted by molar-refractivity contribution is 0.0783. The Morgan fingerprint density at radius 2 is 2.27 bits per heavy atom. The number of hydrogen-bond donors (Lipinski definition) is 0. The molecule has 0 aliphatic heterocycles. The third-order valence-electron chi connectivity index (χ3n) is 3.17. The average molecular weight is 313 g/mol. The molecule has 6 nitrogen and oxygen atoms in total. The Hall–Kier alpha value is -2.54. The molecular weight excluding hydrogens is 298 g/mol. The van der Waals surface area contributed by atoms with Crippen molar-refractivity contribution in [1.82, 2.24) is 24.4 Å². The molecule has 0 radical (unpaired) electrons. The first kappa shape index (κ1) is 14.4. The summed E-state index contributed by atoms with van der Waals surface area (Å²) in [6, 6.07) is 3.47. The van der Waals surface area contributed by atoms with E-state index < -0.39 is 0 Å². The van der Waals surface area contributed by atoms with Crippen LogP contribution < -0.4 is 0 Å². The maximum atomic E-state index is 12.5. The molecule has 0 unspecified atom stereocenters. The molecule has 0 N–H and O–H groups in total. The molecule has 22 heavy (non-hydrogen) atoms. The average Bonchev–Trinajstić information content (AvgIpc) is 3.18. The number of pyridine rings is 1. The van der Waals surface area contributed by atoms with Gasteiger partial charge in [0.05, 0.1) is 17.2 Å². The first-order valence-corrected chi connectivity index (χ1v) is 7.62. The van der Waals surface area contributed by atoms with Crippen molar-refractivity contribution in [2.24, 2.45) is 0 Å². The molecular formula is C15H15N5OS. The van der Waals surface area contributed by atoms with Gasteiger partial charge in [-0.2, -0.15) is 0 Å². The number of aromatic nitrogens is 4. The summed E-state index contributed by atoms with van der Waals surface area (Å²) in [7, 11) is 1.77. The van der Waals surface area contributed by atoms with E-state index in [1.165, 1.54) is 0 Å². The van der Waals surface area contributed by atoms with Gasteiger partial charge in [-0.15, -0.1) is 11.3 Å². The molecule has 0 saturated heterocycles. The fourth-order valence-corrected chi connectivity index (χ4v) is 2.71. The van der Waals surface area contributed by atoms with Crippen molar-refractivity contribution in [3.63, 3.8) is 0 Å². The number of nitrogens with zero attached hydrogens (tertiary/aromatic N) is 5. The van der Waals surface area contributed by atoms with Crippen LogP contribution in [0.5, 0.6) is 0 Å². The molecule has 112 valence electrons. The fraction of sp³-hybridized carbons (Fsp3) is 0.200. The highest BCUT2D eigenvalue weighted by atomic mass is 32.1. The highest BCUT2D eigenvalue weighted by Crippen LogP contribution is 2.13. The summed E-state index contributed by atoms with van der Waals surface area (Å²) in [6.07, 6.45) is 6.74. The standard InChI is InChI=1S/C15H15N5OS/c1-11-18-13(9-22-11)8-19(2)15(21)12-3-4-17-14(7-12)20-6-5-16-10-20/h3-7,9-10H,8H2,1-2H3.